The van der Waals surface area contributed by atoms with Crippen molar-refractivity contribution in [1.29, 1.82) is 0 Å². The van der Waals surface area contributed by atoms with Gasteiger partial charge in [0.05, 0.1) is 12.8 Å². The monoisotopic (exact) mass is 279 g/mol. The van der Waals surface area contributed by atoms with Crippen molar-refractivity contribution in [3.63, 3.8) is 0 Å². The number of aliphatic carboxylic acids is 2. The predicted octanol–water partition coefficient (Wildman–Crippen LogP) is 0.837. The van der Waals surface area contributed by atoms with Gasteiger partial charge in [-0.2, -0.15) is 0 Å². The molecule has 0 aliphatic carbocycles. The number of aryl methyl sites for hydroxylation is 1. The summed E-state index contributed by atoms with van der Waals surface area (Å²) < 4.78 is 0. The van der Waals surface area contributed by atoms with E-state index in [-0.39, 0.29) is 31.7 Å². The van der Waals surface area contributed by atoms with E-state index in [9.17, 15) is 14.4 Å². The number of carboxylic acids is 2. The number of amides is 1. The zero-order valence-corrected chi connectivity index (χ0v) is 11.0. The van der Waals surface area contributed by atoms with Crippen molar-refractivity contribution in [2.45, 2.75) is 25.7 Å². The van der Waals surface area contributed by atoms with Gasteiger partial charge in [0.15, 0.2) is 0 Å². The zero-order chi connectivity index (χ0) is 15.0. The molecule has 1 amide bonds. The summed E-state index contributed by atoms with van der Waals surface area (Å²) in [6.45, 7) is 0.0887. The van der Waals surface area contributed by atoms with Crippen molar-refractivity contribution in [3.05, 3.63) is 35.4 Å². The van der Waals surface area contributed by atoms with Gasteiger partial charge in [0.2, 0.25) is 5.91 Å². The van der Waals surface area contributed by atoms with Gasteiger partial charge in [-0.05, 0) is 17.5 Å². The van der Waals surface area contributed by atoms with E-state index in [2.05, 4.69) is 5.32 Å². The smallest absolute Gasteiger partial charge is 0.305 e. The first-order valence-electron chi connectivity index (χ1n) is 6.26. The molecule has 0 fully saturated rings. The molecule has 108 valence electrons. The molecule has 6 nitrogen and oxygen atoms in total. The molecule has 6 heteroatoms. The Morgan fingerprint density at radius 1 is 0.950 bits per heavy atom. The van der Waals surface area contributed by atoms with Crippen molar-refractivity contribution in [2.75, 3.05) is 6.54 Å². The van der Waals surface area contributed by atoms with Crippen molar-refractivity contribution in [2.24, 2.45) is 0 Å². The Morgan fingerprint density at radius 3 is 2.15 bits per heavy atom. The predicted molar refractivity (Wildman–Crippen MR) is 71.4 cm³/mol. The minimum absolute atomic E-state index is 0.0116. The van der Waals surface area contributed by atoms with Crippen LogP contribution in [0.4, 0.5) is 0 Å². The van der Waals surface area contributed by atoms with Crippen molar-refractivity contribution in [1.82, 2.24) is 5.32 Å². The molecule has 0 unspecified atom stereocenters. The van der Waals surface area contributed by atoms with E-state index < -0.39 is 11.9 Å². The highest BCUT2D eigenvalue weighted by molar-refractivity contribution is 5.79. The normalized spacial score (nSPS) is 10.0. The van der Waals surface area contributed by atoms with E-state index in [0.717, 1.165) is 11.1 Å². The molecule has 0 spiro atoms. The Hall–Kier alpha value is -2.37. The lowest BCUT2D eigenvalue weighted by molar-refractivity contribution is -0.138. The summed E-state index contributed by atoms with van der Waals surface area (Å²) in [4.78, 5) is 32.6. The Balaban J connectivity index is 2.55. The number of benzene rings is 1. The largest absolute Gasteiger partial charge is 0.481 e. The summed E-state index contributed by atoms with van der Waals surface area (Å²) in [5, 5.41) is 19.7. The molecular formula is C14H17NO5. The van der Waals surface area contributed by atoms with Crippen LogP contribution in [0.3, 0.4) is 0 Å². The molecule has 3 N–H and O–H groups in total. The maximum absolute atomic E-state index is 11.7. The number of carbonyl (C=O) groups excluding carboxylic acids is 1. The molecule has 20 heavy (non-hydrogen) atoms. The Bertz CT molecular complexity index is 498. The van der Waals surface area contributed by atoms with Crippen LogP contribution < -0.4 is 5.32 Å². The van der Waals surface area contributed by atoms with E-state index in [0.29, 0.717) is 6.42 Å². The molecule has 1 rings (SSSR count). The second-order valence-corrected chi connectivity index (χ2v) is 4.33. The van der Waals surface area contributed by atoms with Gasteiger partial charge >= 0.3 is 11.9 Å². The quantitative estimate of drug-likeness (QED) is 0.654. The number of rotatable bonds is 8. The molecule has 0 aromatic heterocycles. The minimum Gasteiger partial charge on any atom is -0.481 e. The first kappa shape index (κ1) is 15.7. The van der Waals surface area contributed by atoms with Crippen LogP contribution in [0.1, 0.15) is 24.0 Å². The first-order chi connectivity index (χ1) is 9.49. The van der Waals surface area contributed by atoms with Crippen LogP contribution in [0.2, 0.25) is 0 Å². The topological polar surface area (TPSA) is 104 Å². The lowest BCUT2D eigenvalue weighted by atomic mass is 10.0. The third kappa shape index (κ3) is 5.99. The Kier molecular flexibility index (Phi) is 6.22. The van der Waals surface area contributed by atoms with E-state index in [1.165, 1.54) is 0 Å². The van der Waals surface area contributed by atoms with Crippen LogP contribution in [0.25, 0.3) is 0 Å². The Labute approximate surface area is 116 Å². The average Bonchev–Trinajstić information content (AvgIpc) is 2.37. The lowest BCUT2D eigenvalue weighted by Crippen LogP contribution is -2.27. The zero-order valence-electron chi connectivity index (χ0n) is 11.0. The van der Waals surface area contributed by atoms with E-state index in [1.54, 1.807) is 24.3 Å². The summed E-state index contributed by atoms with van der Waals surface area (Å²) in [6.07, 6.45) is 0.382. The molecule has 0 saturated carbocycles. The van der Waals surface area contributed by atoms with Crippen LogP contribution in [0.5, 0.6) is 0 Å². The fourth-order valence-corrected chi connectivity index (χ4v) is 1.76. The van der Waals surface area contributed by atoms with Crippen LogP contribution in [-0.4, -0.2) is 34.6 Å². The number of nitrogens with one attached hydrogen (secondary N) is 1. The molecule has 1 aromatic rings. The van der Waals surface area contributed by atoms with Crippen molar-refractivity contribution >= 4 is 17.8 Å². The lowest BCUT2D eigenvalue weighted by Gasteiger charge is -2.08. The van der Waals surface area contributed by atoms with Gasteiger partial charge in [-0.25, -0.2) is 0 Å². The van der Waals surface area contributed by atoms with E-state index >= 15 is 0 Å². The van der Waals surface area contributed by atoms with E-state index in [1.807, 2.05) is 0 Å². The second-order valence-electron chi connectivity index (χ2n) is 4.33. The van der Waals surface area contributed by atoms with E-state index in [4.69, 9.17) is 10.2 Å². The van der Waals surface area contributed by atoms with Crippen LogP contribution in [0, 0.1) is 0 Å². The summed E-state index contributed by atoms with van der Waals surface area (Å²) in [5.74, 6) is -2.12. The third-order valence-corrected chi connectivity index (χ3v) is 2.74. The highest BCUT2D eigenvalue weighted by Gasteiger charge is 2.09. The molecule has 0 aliphatic heterocycles. The molecule has 0 atom stereocenters. The van der Waals surface area contributed by atoms with Gasteiger partial charge in [0.1, 0.15) is 0 Å². The maximum Gasteiger partial charge on any atom is 0.305 e. The highest BCUT2D eigenvalue weighted by atomic mass is 16.4. The minimum atomic E-state index is -0.966. The van der Waals surface area contributed by atoms with Crippen LogP contribution in [-0.2, 0) is 27.2 Å². The summed E-state index contributed by atoms with van der Waals surface area (Å²) in [6, 6.07) is 7.14. The maximum atomic E-state index is 11.7. The fraction of sp³-hybridized carbons (Fsp3) is 0.357. The molecule has 0 heterocycles. The molecule has 1 aromatic carbocycles. The van der Waals surface area contributed by atoms with Gasteiger partial charge in [-0.1, -0.05) is 24.3 Å². The molecule has 0 bridgehead atoms. The number of carboxylic acid groups (broad SMARTS) is 2. The van der Waals surface area contributed by atoms with Crippen LogP contribution >= 0.6 is 0 Å². The van der Waals surface area contributed by atoms with Gasteiger partial charge in [0, 0.05) is 13.0 Å². The first-order valence-corrected chi connectivity index (χ1v) is 6.26. The standard InChI is InChI=1S/C14H17NO5/c16-12(15-8-7-14(19)20)9-11-4-2-1-3-10(11)5-6-13(17)18/h1-4H,5-9H2,(H,15,16)(H,17,18)(H,19,20). The van der Waals surface area contributed by atoms with Gasteiger partial charge < -0.3 is 15.5 Å². The number of carbonyl (C=O) groups is 3. The molecule has 0 radical (unpaired) electrons. The van der Waals surface area contributed by atoms with Gasteiger partial charge in [-0.3, -0.25) is 14.4 Å². The van der Waals surface area contributed by atoms with Crippen LogP contribution in [0.15, 0.2) is 24.3 Å². The molecule has 0 aliphatic rings. The van der Waals surface area contributed by atoms with Crippen molar-refractivity contribution in [3.8, 4) is 0 Å². The van der Waals surface area contributed by atoms with Gasteiger partial charge in [0.25, 0.3) is 0 Å². The van der Waals surface area contributed by atoms with Gasteiger partial charge in [-0.15, -0.1) is 0 Å². The summed E-state index contributed by atoms with van der Waals surface area (Å²) >= 11 is 0. The number of hydrogen-bond acceptors (Lipinski definition) is 3. The molecular weight excluding hydrogens is 262 g/mol. The molecule has 0 saturated heterocycles. The second kappa shape index (κ2) is 7.93. The SMILES string of the molecule is O=C(O)CCNC(=O)Cc1ccccc1CCC(=O)O. The average molecular weight is 279 g/mol. The summed E-state index contributed by atoms with van der Waals surface area (Å²) in [7, 11) is 0. The third-order valence-electron chi connectivity index (χ3n) is 2.74. The highest BCUT2D eigenvalue weighted by Crippen LogP contribution is 2.12. The summed E-state index contributed by atoms with van der Waals surface area (Å²) in [5.41, 5.74) is 1.59. The Morgan fingerprint density at radius 2 is 1.55 bits per heavy atom. The number of hydrogen-bond donors (Lipinski definition) is 3. The van der Waals surface area contributed by atoms with Crippen molar-refractivity contribution < 1.29 is 24.6 Å². The fourth-order valence-electron chi connectivity index (χ4n) is 1.76.